The summed E-state index contributed by atoms with van der Waals surface area (Å²) in [5.74, 6) is 1.52. The molecule has 0 spiro atoms. The van der Waals surface area contributed by atoms with E-state index in [1.54, 1.807) is 46.7 Å². The third-order valence-corrected chi connectivity index (χ3v) is 9.62. The number of nitrogens with zero attached hydrogens (tertiary/aromatic N) is 6. The Balaban J connectivity index is 0.000000172. The number of amides is 1. The highest BCUT2D eigenvalue weighted by Crippen LogP contribution is 2.33. The van der Waals surface area contributed by atoms with Crippen LogP contribution in [-0.2, 0) is 4.74 Å². The average molecular weight is 767 g/mol. The summed E-state index contributed by atoms with van der Waals surface area (Å²) in [6.07, 6.45) is 7.65. The molecule has 2 aliphatic heterocycles. The minimum atomic E-state index is -0.324. The molecule has 4 atom stereocenters. The highest BCUT2D eigenvalue weighted by Gasteiger charge is 2.23. The van der Waals surface area contributed by atoms with Crippen LogP contribution in [0.3, 0.4) is 0 Å². The van der Waals surface area contributed by atoms with Gasteiger partial charge in [0.15, 0.2) is 11.3 Å². The van der Waals surface area contributed by atoms with Crippen LogP contribution in [0.2, 0.25) is 0 Å². The van der Waals surface area contributed by atoms with Gasteiger partial charge < -0.3 is 35.5 Å². The van der Waals surface area contributed by atoms with Crippen molar-refractivity contribution in [3.8, 4) is 11.5 Å². The summed E-state index contributed by atoms with van der Waals surface area (Å²) in [5.41, 5.74) is 4.46. The number of hydrogen-bond donors (Lipinski definition) is 4. The fourth-order valence-electron chi connectivity index (χ4n) is 6.60. The quantitative estimate of drug-likeness (QED) is 0.159. The predicted octanol–water partition coefficient (Wildman–Crippen LogP) is 6.34. The summed E-state index contributed by atoms with van der Waals surface area (Å²) >= 11 is 0. The maximum Gasteiger partial charge on any atom is 0.256 e. The number of benzene rings is 2. The largest absolute Gasteiger partial charge is 0.488 e. The lowest BCUT2D eigenvalue weighted by Gasteiger charge is -2.24. The van der Waals surface area contributed by atoms with E-state index in [-0.39, 0.29) is 41.8 Å². The highest BCUT2D eigenvalue weighted by molar-refractivity contribution is 5.99. The minimum Gasteiger partial charge on any atom is -0.488 e. The number of hydrogen-bond acceptors (Lipinski definition) is 11. The molecule has 4 aromatic heterocycles. The fraction of sp³-hybridized carbons (Fsp3) is 0.325. The molecule has 16 heteroatoms. The van der Waals surface area contributed by atoms with Crippen LogP contribution in [0, 0.1) is 11.6 Å². The molecule has 6 heterocycles. The Labute approximate surface area is 322 Å². The van der Waals surface area contributed by atoms with E-state index in [9.17, 15) is 13.6 Å². The molecule has 0 saturated carbocycles. The molecule has 2 aromatic carbocycles. The number of nitrogens with one attached hydrogen (secondary N) is 4. The minimum absolute atomic E-state index is 0.200. The van der Waals surface area contributed by atoms with Gasteiger partial charge in [0.1, 0.15) is 52.5 Å². The van der Waals surface area contributed by atoms with E-state index in [1.807, 2.05) is 33.0 Å². The number of methoxy groups -OCH3 is 1. The van der Waals surface area contributed by atoms with Crippen molar-refractivity contribution in [1.82, 2.24) is 39.8 Å². The molecule has 292 valence electrons. The lowest BCUT2D eigenvalue weighted by Crippen LogP contribution is -2.35. The Morgan fingerprint density at radius 1 is 0.804 bits per heavy atom. The van der Waals surface area contributed by atoms with Crippen LogP contribution in [0.25, 0.3) is 17.0 Å². The molecule has 4 bridgehead atoms. The van der Waals surface area contributed by atoms with Gasteiger partial charge in [0.25, 0.3) is 5.91 Å². The van der Waals surface area contributed by atoms with Crippen molar-refractivity contribution in [2.45, 2.75) is 57.9 Å². The van der Waals surface area contributed by atoms with Crippen LogP contribution in [0.15, 0.2) is 79.9 Å². The summed E-state index contributed by atoms with van der Waals surface area (Å²) in [7, 11) is 1.62. The standard InChI is InChI=1S/2C20H22FN5O2/c1-12-17-10-23-26-7-6-19(25-20(17)26)24-13(2)16-8-14(21)4-5-18(16)28-15(9-22-12)11-27-3;1-3-13-10-22-20(27)15-11-23-26-8-7-18(25-19(15)26)24-16(4-2)14-9-12(21)5-6-17(14)28-13/h4-8,10,13,15,22H,1,9,11H2,2-3H3,(H,24,25);5-9,11,13,16H,3-4,10H2,1-2H3,(H,22,27)(H,24,25)/t13-,15+;13-,16+/m10/s1. The second-order valence-electron chi connectivity index (χ2n) is 13.5. The van der Waals surface area contributed by atoms with Gasteiger partial charge in [-0.15, -0.1) is 0 Å². The summed E-state index contributed by atoms with van der Waals surface area (Å²) in [5, 5.41) is 21.3. The SMILES string of the molecule is C=C1NC[C@@H](COC)Oc2ccc(F)cc2[C@@H](C)Nc2ccn3ncc1c3n2.CC[C@H]1CNC(=O)c2cnn3ccc(nc23)N[C@H](CC)c2cc(F)ccc2O1. The number of rotatable bonds is 4. The van der Waals surface area contributed by atoms with E-state index in [1.165, 1.54) is 30.5 Å². The van der Waals surface area contributed by atoms with Gasteiger partial charge in [0, 0.05) is 36.3 Å². The second-order valence-corrected chi connectivity index (χ2v) is 13.5. The van der Waals surface area contributed by atoms with Crippen LogP contribution in [0.4, 0.5) is 20.4 Å². The maximum atomic E-state index is 14.0. The van der Waals surface area contributed by atoms with Gasteiger partial charge in [-0.05, 0) is 68.3 Å². The molecule has 0 aliphatic carbocycles. The Hall–Kier alpha value is -6.29. The lowest BCUT2D eigenvalue weighted by atomic mass is 10.0. The number of carbonyl (C=O) groups is 1. The smallest absolute Gasteiger partial charge is 0.256 e. The Kier molecular flexibility index (Phi) is 11.3. The molecule has 0 saturated heterocycles. The molecule has 0 unspecified atom stereocenters. The van der Waals surface area contributed by atoms with Crippen molar-refractivity contribution < 1.29 is 27.8 Å². The third-order valence-electron chi connectivity index (χ3n) is 9.62. The fourth-order valence-corrected chi connectivity index (χ4v) is 6.60. The summed E-state index contributed by atoms with van der Waals surface area (Å²) in [6.45, 7) is 11.2. The first kappa shape index (κ1) is 38.0. The van der Waals surface area contributed by atoms with Crippen molar-refractivity contribution in [3.05, 3.63) is 114 Å². The number of anilines is 2. The number of aromatic nitrogens is 6. The maximum absolute atomic E-state index is 14.0. The van der Waals surface area contributed by atoms with E-state index >= 15 is 0 Å². The third kappa shape index (κ3) is 8.19. The van der Waals surface area contributed by atoms with Crippen molar-refractivity contribution in [3.63, 3.8) is 0 Å². The first-order chi connectivity index (χ1) is 27.1. The van der Waals surface area contributed by atoms with Gasteiger partial charge in [0.05, 0.1) is 49.7 Å². The molecule has 0 fully saturated rings. The topological polar surface area (TPSA) is 153 Å². The number of carbonyl (C=O) groups excluding carboxylic acids is 1. The molecule has 2 aliphatic rings. The Morgan fingerprint density at radius 3 is 2.05 bits per heavy atom. The van der Waals surface area contributed by atoms with Gasteiger partial charge in [-0.3, -0.25) is 4.79 Å². The van der Waals surface area contributed by atoms with E-state index < -0.39 is 0 Å². The molecule has 0 radical (unpaired) electrons. The second kappa shape index (κ2) is 16.6. The van der Waals surface area contributed by atoms with Crippen LogP contribution in [0.5, 0.6) is 11.5 Å². The lowest BCUT2D eigenvalue weighted by molar-refractivity contribution is 0.0822. The molecule has 4 N–H and O–H groups in total. The van der Waals surface area contributed by atoms with Gasteiger partial charge in [-0.1, -0.05) is 20.4 Å². The molecular formula is C40H44F2N10O4. The molecule has 56 heavy (non-hydrogen) atoms. The average Bonchev–Trinajstić information content (AvgIpc) is 3.82. The molecular weight excluding hydrogens is 723 g/mol. The summed E-state index contributed by atoms with van der Waals surface area (Å²) in [4.78, 5) is 21.9. The molecule has 8 rings (SSSR count). The number of ether oxygens (including phenoxy) is 3. The van der Waals surface area contributed by atoms with Crippen LogP contribution in [0.1, 0.15) is 72.7 Å². The van der Waals surface area contributed by atoms with Gasteiger partial charge in [-0.25, -0.2) is 27.8 Å². The Morgan fingerprint density at radius 2 is 1.39 bits per heavy atom. The highest BCUT2D eigenvalue weighted by atomic mass is 19.1. The van der Waals surface area contributed by atoms with Crippen LogP contribution in [-0.4, -0.2) is 74.1 Å². The summed E-state index contributed by atoms with van der Waals surface area (Å²) in [6, 6.07) is 12.2. The first-order valence-electron chi connectivity index (χ1n) is 18.5. The molecule has 1 amide bonds. The molecule has 6 aromatic rings. The zero-order valence-electron chi connectivity index (χ0n) is 31.6. The van der Waals surface area contributed by atoms with Gasteiger partial charge >= 0.3 is 0 Å². The van der Waals surface area contributed by atoms with Crippen LogP contribution >= 0.6 is 0 Å². The molecule has 14 nitrogen and oxygen atoms in total. The normalized spacial score (nSPS) is 19.6. The van der Waals surface area contributed by atoms with E-state index in [4.69, 9.17) is 14.2 Å². The van der Waals surface area contributed by atoms with Gasteiger partial charge in [-0.2, -0.15) is 10.2 Å². The zero-order valence-corrected chi connectivity index (χ0v) is 31.6. The number of halogens is 2. The van der Waals surface area contributed by atoms with Crippen molar-refractivity contribution in [2.24, 2.45) is 0 Å². The van der Waals surface area contributed by atoms with E-state index in [0.29, 0.717) is 83.8 Å². The number of fused-ring (bicyclic) bond motifs is 4. The van der Waals surface area contributed by atoms with E-state index in [2.05, 4.69) is 48.0 Å². The zero-order chi connectivity index (χ0) is 39.3. The first-order valence-corrected chi connectivity index (χ1v) is 18.5. The van der Waals surface area contributed by atoms with Crippen molar-refractivity contribution >= 4 is 34.5 Å². The Bertz CT molecular complexity index is 2360. The van der Waals surface area contributed by atoms with Crippen LogP contribution < -0.4 is 30.7 Å². The monoisotopic (exact) mass is 766 g/mol. The van der Waals surface area contributed by atoms with Crippen molar-refractivity contribution in [2.75, 3.05) is 37.4 Å². The van der Waals surface area contributed by atoms with Crippen molar-refractivity contribution in [1.29, 1.82) is 0 Å². The van der Waals surface area contributed by atoms with Gasteiger partial charge in [0.2, 0.25) is 0 Å². The van der Waals surface area contributed by atoms with E-state index in [0.717, 1.165) is 11.1 Å². The summed E-state index contributed by atoms with van der Waals surface area (Å²) < 4.78 is 48.8. The predicted molar refractivity (Wildman–Crippen MR) is 208 cm³/mol.